The van der Waals surface area contributed by atoms with Gasteiger partial charge in [-0.1, -0.05) is 87.5 Å². The van der Waals surface area contributed by atoms with Crippen LogP contribution in [-0.2, 0) is 0 Å². The van der Waals surface area contributed by atoms with Crippen LogP contribution in [0.3, 0.4) is 0 Å². The average Bonchev–Trinajstić information content (AvgIpc) is 2.65. The highest BCUT2D eigenvalue weighted by molar-refractivity contribution is 4.67. The zero-order chi connectivity index (χ0) is 19.1. The minimum atomic E-state index is -0.480. The predicted molar refractivity (Wildman–Crippen MR) is 106 cm³/mol. The minimum absolute atomic E-state index is 0.480. The van der Waals surface area contributed by atoms with Crippen LogP contribution in [-0.4, -0.2) is 13.3 Å². The second-order valence-electron chi connectivity index (χ2n) is 5.60. The van der Waals surface area contributed by atoms with Crippen LogP contribution < -0.4 is 0 Å². The van der Waals surface area contributed by atoms with E-state index in [1.807, 2.05) is 41.5 Å². The third kappa shape index (κ3) is 27.0. The van der Waals surface area contributed by atoms with Crippen molar-refractivity contribution < 1.29 is 8.78 Å². The smallest absolute Gasteiger partial charge is 0.100 e. The van der Waals surface area contributed by atoms with E-state index in [-0.39, 0.29) is 0 Å². The molecule has 2 aliphatic rings. The van der Waals surface area contributed by atoms with Crippen molar-refractivity contribution in [3.63, 3.8) is 0 Å². The first-order chi connectivity index (χ1) is 11.2. The van der Waals surface area contributed by atoms with Gasteiger partial charge in [-0.3, -0.25) is 4.39 Å². The standard InChI is InChI=1S/C7H13F.C7H14.3C2H6.CH3F/c1-6-2-4-7(8)5-3-6;1-7-5-3-2-4-6-7;4*1-2/h6-7H,2-5H2,1H3;7H,2-6H2,1H3;3*1-2H3;1H3. The number of alkyl halides is 2. The zero-order valence-electron chi connectivity index (χ0n) is 17.9. The third-order valence-corrected chi connectivity index (χ3v) is 3.84. The Morgan fingerprint density at radius 1 is 0.522 bits per heavy atom. The van der Waals surface area contributed by atoms with Gasteiger partial charge in [0.25, 0.3) is 0 Å². The molecule has 0 heterocycles. The van der Waals surface area contributed by atoms with Crippen molar-refractivity contribution in [1.29, 1.82) is 0 Å². The molecule has 0 atom stereocenters. The van der Waals surface area contributed by atoms with E-state index in [0.717, 1.165) is 37.5 Å². The minimum Gasteiger partial charge on any atom is -0.255 e. The maximum absolute atomic E-state index is 12.4. The van der Waals surface area contributed by atoms with Crippen LogP contribution in [0.5, 0.6) is 0 Å². The first-order valence-corrected chi connectivity index (χ1v) is 10.2. The van der Waals surface area contributed by atoms with Crippen molar-refractivity contribution in [1.82, 2.24) is 0 Å². The molecule has 0 aromatic heterocycles. The highest BCUT2D eigenvalue weighted by Crippen LogP contribution is 2.25. The Hall–Kier alpha value is -0.140. The highest BCUT2D eigenvalue weighted by atomic mass is 19.1. The van der Waals surface area contributed by atoms with Crippen molar-refractivity contribution in [2.75, 3.05) is 7.18 Å². The lowest BCUT2D eigenvalue weighted by Gasteiger charge is -2.19. The van der Waals surface area contributed by atoms with Crippen LogP contribution in [0.15, 0.2) is 0 Å². The van der Waals surface area contributed by atoms with E-state index >= 15 is 0 Å². The van der Waals surface area contributed by atoms with Gasteiger partial charge in [-0.15, -0.1) is 0 Å². The van der Waals surface area contributed by atoms with Crippen LogP contribution in [0.25, 0.3) is 0 Å². The van der Waals surface area contributed by atoms with Crippen molar-refractivity contribution in [3.05, 3.63) is 0 Å². The lowest BCUT2D eigenvalue weighted by molar-refractivity contribution is 0.215. The summed E-state index contributed by atoms with van der Waals surface area (Å²) in [7, 11) is 0.500. The van der Waals surface area contributed by atoms with Crippen LogP contribution in [0, 0.1) is 11.8 Å². The van der Waals surface area contributed by atoms with Gasteiger partial charge >= 0.3 is 0 Å². The Morgan fingerprint density at radius 3 is 1.04 bits per heavy atom. The Labute approximate surface area is 147 Å². The fourth-order valence-corrected chi connectivity index (χ4v) is 2.53. The van der Waals surface area contributed by atoms with Crippen LogP contribution in [0.4, 0.5) is 8.78 Å². The lowest BCUT2D eigenvalue weighted by Crippen LogP contribution is -2.11. The SMILES string of the molecule is CC.CC.CC.CC1CCC(F)CC1.CC1CCCCC1.CF. The predicted octanol–water partition coefficient (Wildman–Crippen LogP) is 8.79. The fraction of sp³-hybridized carbons (Fsp3) is 1.00. The molecule has 0 aromatic carbocycles. The molecule has 0 nitrogen and oxygen atoms in total. The summed E-state index contributed by atoms with van der Waals surface area (Å²) in [5, 5.41) is 0. The van der Waals surface area contributed by atoms with Gasteiger partial charge in [-0.05, 0) is 37.5 Å². The first kappa shape index (κ1) is 30.7. The van der Waals surface area contributed by atoms with Gasteiger partial charge in [0, 0.05) is 0 Å². The van der Waals surface area contributed by atoms with Gasteiger partial charge in [0.15, 0.2) is 0 Å². The van der Waals surface area contributed by atoms with E-state index in [9.17, 15) is 8.78 Å². The molecule has 2 heteroatoms. The number of hydrogen-bond acceptors (Lipinski definition) is 0. The Bertz CT molecular complexity index is 136. The van der Waals surface area contributed by atoms with Crippen LogP contribution in [0.1, 0.15) is 113 Å². The van der Waals surface area contributed by atoms with Crippen LogP contribution in [0.2, 0.25) is 0 Å². The molecule has 0 amide bonds. The van der Waals surface area contributed by atoms with Crippen molar-refractivity contribution in [2.45, 2.75) is 119 Å². The van der Waals surface area contributed by atoms with Gasteiger partial charge in [-0.25, -0.2) is 4.39 Å². The van der Waals surface area contributed by atoms with Gasteiger partial charge < -0.3 is 0 Å². The molecule has 2 rings (SSSR count). The summed E-state index contributed by atoms with van der Waals surface area (Å²) >= 11 is 0. The quantitative estimate of drug-likeness (QED) is 0.414. The molecule has 23 heavy (non-hydrogen) atoms. The number of rotatable bonds is 0. The molecule has 0 unspecified atom stereocenters. The van der Waals surface area contributed by atoms with Crippen molar-refractivity contribution in [2.24, 2.45) is 11.8 Å². The average molecular weight is 339 g/mol. The Kier molecular flexibility index (Phi) is 39.8. The largest absolute Gasteiger partial charge is 0.255 e. The highest BCUT2D eigenvalue weighted by Gasteiger charge is 2.16. The topological polar surface area (TPSA) is 0 Å². The molecule has 0 saturated heterocycles. The first-order valence-electron chi connectivity index (χ1n) is 10.2. The second kappa shape index (κ2) is 29.8. The summed E-state index contributed by atoms with van der Waals surface area (Å²) in [5.41, 5.74) is 0. The second-order valence-corrected chi connectivity index (χ2v) is 5.60. The zero-order valence-corrected chi connectivity index (χ0v) is 17.9. The molecule has 0 bridgehead atoms. The van der Waals surface area contributed by atoms with E-state index in [4.69, 9.17) is 0 Å². The molecule has 0 spiro atoms. The summed E-state index contributed by atoms with van der Waals surface area (Å²) in [4.78, 5) is 0. The fourth-order valence-electron chi connectivity index (χ4n) is 2.53. The molecule has 2 fully saturated rings. The summed E-state index contributed by atoms with van der Waals surface area (Å²) in [6.45, 7) is 16.6. The molecule has 146 valence electrons. The van der Waals surface area contributed by atoms with E-state index in [1.165, 1.54) is 32.1 Å². The summed E-state index contributed by atoms with van der Waals surface area (Å²) in [6, 6.07) is 0. The summed E-state index contributed by atoms with van der Waals surface area (Å²) in [6.07, 6.45) is 10.8. The van der Waals surface area contributed by atoms with Gasteiger partial charge in [0.05, 0.1) is 7.18 Å². The van der Waals surface area contributed by atoms with Gasteiger partial charge in [0.1, 0.15) is 6.17 Å². The van der Waals surface area contributed by atoms with Gasteiger partial charge in [0.2, 0.25) is 0 Å². The third-order valence-electron chi connectivity index (χ3n) is 3.84. The monoisotopic (exact) mass is 338 g/mol. The van der Waals surface area contributed by atoms with E-state index < -0.39 is 6.17 Å². The molecule has 2 saturated carbocycles. The molecular formula is C21H48F2. The maximum atomic E-state index is 12.4. The Balaban J connectivity index is -0.000000110. The summed E-state index contributed by atoms with van der Waals surface area (Å²) in [5.74, 6) is 1.82. The molecule has 0 radical (unpaired) electrons. The van der Waals surface area contributed by atoms with Crippen molar-refractivity contribution in [3.8, 4) is 0 Å². The van der Waals surface area contributed by atoms with Gasteiger partial charge in [-0.2, -0.15) is 0 Å². The van der Waals surface area contributed by atoms with E-state index in [1.54, 1.807) is 0 Å². The molecule has 2 aliphatic carbocycles. The van der Waals surface area contributed by atoms with E-state index in [0.29, 0.717) is 7.18 Å². The molecular weight excluding hydrogens is 290 g/mol. The molecule has 0 aliphatic heterocycles. The van der Waals surface area contributed by atoms with E-state index in [2.05, 4.69) is 13.8 Å². The normalized spacial score (nSPS) is 22.6. The Morgan fingerprint density at radius 2 is 0.826 bits per heavy atom. The maximum Gasteiger partial charge on any atom is 0.100 e. The number of hydrogen-bond donors (Lipinski definition) is 0. The van der Waals surface area contributed by atoms with Crippen LogP contribution >= 0.6 is 0 Å². The molecule has 0 aromatic rings. The number of halogens is 2. The molecule has 0 N–H and O–H groups in total. The lowest BCUT2D eigenvalue weighted by atomic mass is 9.90. The van der Waals surface area contributed by atoms with Crippen molar-refractivity contribution >= 4 is 0 Å². The summed E-state index contributed by atoms with van der Waals surface area (Å²) < 4.78 is 21.9.